The van der Waals surface area contributed by atoms with Crippen molar-refractivity contribution in [3.05, 3.63) is 24.3 Å². The number of nitrogens with one attached hydrogen (secondary N) is 1. The second-order valence-electron chi connectivity index (χ2n) is 6.97. The second-order valence-corrected chi connectivity index (χ2v) is 9.98. The zero-order valence-corrected chi connectivity index (χ0v) is 19.7. The number of ether oxygens (including phenoxy) is 1. The first kappa shape index (κ1) is 24.7. The van der Waals surface area contributed by atoms with Crippen LogP contribution in [0.25, 0.3) is 0 Å². The predicted molar refractivity (Wildman–Crippen MR) is 114 cm³/mol. The highest BCUT2D eigenvalue weighted by Crippen LogP contribution is 2.29. The van der Waals surface area contributed by atoms with Gasteiger partial charge in [-0.1, -0.05) is 12.1 Å². The molecule has 0 aliphatic carbocycles. The Labute approximate surface area is 177 Å². The number of unbranched alkanes of at least 4 members (excludes halogenated alkanes) is 1. The van der Waals surface area contributed by atoms with E-state index in [1.54, 1.807) is 40.0 Å². The van der Waals surface area contributed by atoms with Crippen LogP contribution in [0.3, 0.4) is 0 Å². The molecule has 1 aromatic carbocycles. The number of halogens is 1. The van der Waals surface area contributed by atoms with E-state index >= 15 is 0 Å². The molecule has 1 N–H and O–H groups in total. The Hall–Kier alpha value is -1.31. The first-order chi connectivity index (χ1) is 13.0. The van der Waals surface area contributed by atoms with Crippen LogP contribution in [0.4, 0.5) is 10.5 Å². The molecular weight excluding hydrogens is 501 g/mol. The normalized spacial score (nSPS) is 11.9. The van der Waals surface area contributed by atoms with Crippen LogP contribution in [0.5, 0.6) is 0 Å². The van der Waals surface area contributed by atoms with Crippen LogP contribution in [-0.4, -0.2) is 52.3 Å². The molecule has 0 unspecified atom stereocenters. The summed E-state index contributed by atoms with van der Waals surface area (Å²) in [7, 11) is -0.828. The van der Waals surface area contributed by atoms with Gasteiger partial charge in [0.2, 0.25) is 10.0 Å². The van der Waals surface area contributed by atoms with Crippen LogP contribution in [-0.2, 0) is 22.7 Å². The molecule has 0 radical (unpaired) electrons. The maximum atomic E-state index is 12.6. The third-order valence-corrected chi connectivity index (χ3v) is 6.26. The van der Waals surface area contributed by atoms with E-state index in [2.05, 4.69) is 4.72 Å². The van der Waals surface area contributed by atoms with E-state index in [4.69, 9.17) is 9.57 Å². The average Bonchev–Trinajstić information content (AvgIpc) is 2.61. The number of hydrogen-bond acceptors (Lipinski definition) is 6. The lowest BCUT2D eigenvalue weighted by atomic mass is 10.2. The Bertz CT molecular complexity index is 766. The summed E-state index contributed by atoms with van der Waals surface area (Å²) in [5, 5.41) is 0. The van der Waals surface area contributed by atoms with Crippen LogP contribution >= 0.6 is 21.5 Å². The van der Waals surface area contributed by atoms with Crippen molar-refractivity contribution in [2.24, 2.45) is 0 Å². The fourth-order valence-corrected chi connectivity index (χ4v) is 4.39. The molecule has 0 heterocycles. The monoisotopic (exact) mass is 529 g/mol. The van der Waals surface area contributed by atoms with E-state index in [9.17, 15) is 16.3 Å². The molecule has 1 aromatic rings. The molecule has 0 spiro atoms. The molecular formula is C17H28IN3O6S. The van der Waals surface area contributed by atoms with E-state index < -0.39 is 43.2 Å². The van der Waals surface area contributed by atoms with Gasteiger partial charge in [-0.05, 0) is 45.7 Å². The molecule has 160 valence electrons. The highest BCUT2D eigenvalue weighted by molar-refractivity contribution is 14.1. The summed E-state index contributed by atoms with van der Waals surface area (Å²) in [6, 6.07) is 6.20. The maximum Gasteiger partial charge on any atom is 0.410 e. The number of carbonyl (C=O) groups is 1. The number of carbonyl (C=O) groups excluding carboxylic acids is 1. The topological polar surface area (TPSA) is 105 Å². The number of sulfonamides is 1. The van der Waals surface area contributed by atoms with Gasteiger partial charge in [-0.15, -0.1) is 0 Å². The van der Waals surface area contributed by atoms with Gasteiger partial charge in [0.05, 0.1) is 12.8 Å². The van der Waals surface area contributed by atoms with Crippen LogP contribution in [0.1, 0.15) is 33.6 Å². The highest BCUT2D eigenvalue weighted by Gasteiger charge is 2.22. The molecule has 0 atom stereocenters. The molecule has 0 bridgehead atoms. The molecule has 0 fully saturated rings. The number of para-hydroxylation sites is 1. The molecule has 0 saturated carbocycles. The van der Waals surface area contributed by atoms with Crippen molar-refractivity contribution in [1.29, 1.82) is 0 Å². The zero-order chi connectivity index (χ0) is 21.4. The van der Waals surface area contributed by atoms with Gasteiger partial charge >= 0.3 is 6.09 Å². The molecule has 28 heavy (non-hydrogen) atoms. The SMILES string of the molecule is CON(I=O)c1ccccc1S(=O)(=O)NCCCCN(C)C(=O)OC(C)(C)C. The summed E-state index contributed by atoms with van der Waals surface area (Å²) >= 11 is -1.73. The Morgan fingerprint density at radius 1 is 1.21 bits per heavy atom. The van der Waals surface area contributed by atoms with Crippen LogP contribution in [0.15, 0.2) is 29.2 Å². The van der Waals surface area contributed by atoms with E-state index in [0.29, 0.717) is 19.4 Å². The minimum Gasteiger partial charge on any atom is -0.444 e. The van der Waals surface area contributed by atoms with E-state index in [1.807, 2.05) is 0 Å². The van der Waals surface area contributed by atoms with Crippen molar-refractivity contribution < 1.29 is 25.9 Å². The van der Waals surface area contributed by atoms with Gasteiger partial charge in [0.25, 0.3) is 21.5 Å². The number of hydrogen-bond donors (Lipinski definition) is 1. The van der Waals surface area contributed by atoms with Crippen LogP contribution in [0.2, 0.25) is 0 Å². The summed E-state index contributed by atoms with van der Waals surface area (Å²) in [6.07, 6.45) is 0.732. The zero-order valence-electron chi connectivity index (χ0n) is 16.8. The van der Waals surface area contributed by atoms with Crippen LogP contribution in [0, 0.1) is 0 Å². The van der Waals surface area contributed by atoms with Crippen molar-refractivity contribution in [2.75, 3.05) is 30.5 Å². The molecule has 0 aliphatic heterocycles. The maximum absolute atomic E-state index is 12.6. The van der Waals surface area contributed by atoms with Gasteiger partial charge in [0, 0.05) is 20.1 Å². The van der Waals surface area contributed by atoms with E-state index in [0.717, 1.165) is 3.28 Å². The smallest absolute Gasteiger partial charge is 0.410 e. The number of rotatable bonds is 10. The highest BCUT2D eigenvalue weighted by atomic mass is 127. The predicted octanol–water partition coefficient (Wildman–Crippen LogP) is 3.21. The minimum atomic E-state index is -3.80. The van der Waals surface area contributed by atoms with Gasteiger partial charge < -0.3 is 9.64 Å². The fourth-order valence-electron chi connectivity index (χ4n) is 2.18. The molecule has 11 heteroatoms. The van der Waals surface area contributed by atoms with Gasteiger partial charge in [0.1, 0.15) is 10.5 Å². The summed E-state index contributed by atoms with van der Waals surface area (Å²) in [5.41, 5.74) is -0.332. The van der Waals surface area contributed by atoms with Crippen molar-refractivity contribution in [2.45, 2.75) is 44.1 Å². The molecule has 0 aliphatic rings. The Morgan fingerprint density at radius 3 is 2.43 bits per heavy atom. The molecule has 0 aromatic heterocycles. The van der Waals surface area contributed by atoms with Crippen molar-refractivity contribution >= 4 is 43.3 Å². The van der Waals surface area contributed by atoms with E-state index in [-0.39, 0.29) is 17.1 Å². The molecule has 1 rings (SSSR count). The number of amides is 1. The number of nitrogens with zero attached hydrogens (tertiary/aromatic N) is 2. The van der Waals surface area contributed by atoms with Gasteiger partial charge in [-0.3, -0.25) is 4.84 Å². The lowest BCUT2D eigenvalue weighted by molar-refractivity contribution is 0.0296. The first-order valence-electron chi connectivity index (χ1n) is 8.66. The average molecular weight is 529 g/mol. The Balaban J connectivity index is 2.58. The first-order valence-corrected chi connectivity index (χ1v) is 12.0. The second kappa shape index (κ2) is 11.0. The number of anilines is 1. The van der Waals surface area contributed by atoms with Crippen molar-refractivity contribution in [3.63, 3.8) is 0 Å². The van der Waals surface area contributed by atoms with Crippen molar-refractivity contribution in [3.8, 4) is 0 Å². The minimum absolute atomic E-state index is 0.00160. The van der Waals surface area contributed by atoms with E-state index in [1.165, 1.54) is 24.1 Å². The van der Waals surface area contributed by atoms with Crippen molar-refractivity contribution in [1.82, 2.24) is 9.62 Å². The quantitative estimate of drug-likeness (QED) is 0.215. The standard InChI is InChI=1S/C17H28IN3O6S/c1-17(2,3)27-16(22)20(4)13-9-8-12-19-28(24,25)15-11-7-6-10-14(15)21(18-23)26-5/h6-7,10-11,19H,8-9,12-13H2,1-5H3. The third kappa shape index (κ3) is 7.97. The van der Waals surface area contributed by atoms with Gasteiger partial charge in [0.15, 0.2) is 0 Å². The van der Waals surface area contributed by atoms with Crippen LogP contribution < -0.4 is 8.00 Å². The molecule has 0 saturated heterocycles. The summed E-state index contributed by atoms with van der Waals surface area (Å²) in [6.45, 7) is 6.05. The lowest BCUT2D eigenvalue weighted by Crippen LogP contribution is -2.35. The lowest BCUT2D eigenvalue weighted by Gasteiger charge is -2.24. The number of benzene rings is 1. The Morgan fingerprint density at radius 2 is 1.86 bits per heavy atom. The largest absolute Gasteiger partial charge is 0.444 e. The third-order valence-electron chi connectivity index (χ3n) is 3.48. The summed E-state index contributed by atoms with van der Waals surface area (Å²) in [5.74, 6) is 0. The fraction of sp³-hybridized carbons (Fsp3) is 0.588. The summed E-state index contributed by atoms with van der Waals surface area (Å²) in [4.78, 5) is 18.3. The van der Waals surface area contributed by atoms with Gasteiger partial charge in [-0.2, -0.15) is 3.28 Å². The Kier molecular flexibility index (Phi) is 9.74. The van der Waals surface area contributed by atoms with Gasteiger partial charge in [-0.25, -0.2) is 21.0 Å². The molecule has 9 nitrogen and oxygen atoms in total. The summed E-state index contributed by atoms with van der Waals surface area (Å²) < 4.78 is 45.3. The molecule has 1 amide bonds.